The highest BCUT2D eigenvalue weighted by atomic mass is 79.9. The number of hydrogen-bond donors (Lipinski definition) is 1. The summed E-state index contributed by atoms with van der Waals surface area (Å²) in [6.45, 7) is 0.406. The van der Waals surface area contributed by atoms with Gasteiger partial charge in [-0.25, -0.2) is 4.39 Å². The highest BCUT2D eigenvalue weighted by Gasteiger charge is 2.08. The summed E-state index contributed by atoms with van der Waals surface area (Å²) in [5.74, 6) is 0.459. The van der Waals surface area contributed by atoms with Gasteiger partial charge in [0.05, 0.1) is 9.50 Å². The molecule has 0 unspecified atom stereocenters. The standard InChI is InChI=1S/C13H10BrClFNO/c14-10-3-2-9(16)6-13(10)18-12-4-1-8(7-17)5-11(12)15/h1-6H,7,17H2. The molecule has 2 N–H and O–H groups in total. The molecule has 5 heteroatoms. The molecule has 2 rings (SSSR count). The number of rotatable bonds is 3. The molecule has 0 radical (unpaired) electrons. The van der Waals surface area contributed by atoms with Crippen molar-refractivity contribution in [1.82, 2.24) is 0 Å². The minimum atomic E-state index is -0.372. The van der Waals surface area contributed by atoms with Crippen molar-refractivity contribution in [2.24, 2.45) is 5.73 Å². The number of ether oxygens (including phenoxy) is 1. The number of halogens is 3. The highest BCUT2D eigenvalue weighted by Crippen LogP contribution is 2.34. The molecule has 18 heavy (non-hydrogen) atoms. The fraction of sp³-hybridized carbons (Fsp3) is 0.0769. The minimum Gasteiger partial charge on any atom is -0.455 e. The molecule has 0 aliphatic heterocycles. The maximum Gasteiger partial charge on any atom is 0.146 e. The van der Waals surface area contributed by atoms with E-state index in [1.54, 1.807) is 18.2 Å². The summed E-state index contributed by atoms with van der Waals surface area (Å²) in [6, 6.07) is 9.46. The fourth-order valence-corrected chi connectivity index (χ4v) is 2.00. The van der Waals surface area contributed by atoms with Crippen molar-refractivity contribution in [2.75, 3.05) is 0 Å². The van der Waals surface area contributed by atoms with Gasteiger partial charge >= 0.3 is 0 Å². The quantitative estimate of drug-likeness (QED) is 0.899. The Morgan fingerprint density at radius 3 is 2.61 bits per heavy atom. The SMILES string of the molecule is NCc1ccc(Oc2cc(F)ccc2Br)c(Cl)c1. The van der Waals surface area contributed by atoms with Gasteiger partial charge in [0, 0.05) is 12.6 Å². The van der Waals surface area contributed by atoms with Crippen LogP contribution < -0.4 is 10.5 Å². The molecule has 0 spiro atoms. The van der Waals surface area contributed by atoms with E-state index in [9.17, 15) is 4.39 Å². The second kappa shape index (κ2) is 5.69. The Hall–Kier alpha value is -1.10. The second-order valence-electron chi connectivity index (χ2n) is 3.65. The lowest BCUT2D eigenvalue weighted by Gasteiger charge is -2.10. The molecule has 0 fully saturated rings. The van der Waals surface area contributed by atoms with Crippen LogP contribution in [0.1, 0.15) is 5.56 Å². The molecule has 0 saturated carbocycles. The number of hydrogen-bond acceptors (Lipinski definition) is 2. The Morgan fingerprint density at radius 2 is 1.94 bits per heavy atom. The summed E-state index contributed by atoms with van der Waals surface area (Å²) in [5.41, 5.74) is 6.42. The van der Waals surface area contributed by atoms with Gasteiger partial charge in [-0.3, -0.25) is 0 Å². The van der Waals surface area contributed by atoms with Crippen LogP contribution in [0.15, 0.2) is 40.9 Å². The molecule has 2 aromatic rings. The van der Waals surface area contributed by atoms with Crippen LogP contribution in [0.5, 0.6) is 11.5 Å². The van der Waals surface area contributed by atoms with E-state index in [1.165, 1.54) is 12.1 Å². The fourth-order valence-electron chi connectivity index (χ4n) is 1.43. The highest BCUT2D eigenvalue weighted by molar-refractivity contribution is 9.10. The average Bonchev–Trinajstić information content (AvgIpc) is 2.36. The van der Waals surface area contributed by atoms with Crippen molar-refractivity contribution in [3.63, 3.8) is 0 Å². The first kappa shape index (κ1) is 13.3. The van der Waals surface area contributed by atoms with Crippen molar-refractivity contribution in [3.8, 4) is 11.5 Å². The molecule has 2 nitrogen and oxygen atoms in total. The number of nitrogens with two attached hydrogens (primary N) is 1. The zero-order valence-corrected chi connectivity index (χ0v) is 11.6. The van der Waals surface area contributed by atoms with E-state index in [2.05, 4.69) is 15.9 Å². The topological polar surface area (TPSA) is 35.2 Å². The van der Waals surface area contributed by atoms with Gasteiger partial charge in [-0.15, -0.1) is 0 Å². The molecular formula is C13H10BrClFNO. The molecular weight excluding hydrogens is 321 g/mol. The monoisotopic (exact) mass is 329 g/mol. The molecule has 94 valence electrons. The maximum atomic E-state index is 13.1. The first-order valence-electron chi connectivity index (χ1n) is 5.21. The van der Waals surface area contributed by atoms with Gasteiger partial charge in [0.15, 0.2) is 0 Å². The molecule has 0 saturated heterocycles. The Balaban J connectivity index is 2.31. The predicted octanol–water partition coefficient (Wildman–Crippen LogP) is 4.49. The molecule has 0 aliphatic rings. The smallest absolute Gasteiger partial charge is 0.146 e. The summed E-state index contributed by atoms with van der Waals surface area (Å²) >= 11 is 9.35. The van der Waals surface area contributed by atoms with Gasteiger partial charge in [-0.05, 0) is 45.8 Å². The molecule has 0 atom stereocenters. The molecule has 0 aliphatic carbocycles. The summed E-state index contributed by atoms with van der Waals surface area (Å²) in [4.78, 5) is 0. The van der Waals surface area contributed by atoms with Crippen molar-refractivity contribution < 1.29 is 9.13 Å². The van der Waals surface area contributed by atoms with Crippen LogP contribution in [0, 0.1) is 5.82 Å². The lowest BCUT2D eigenvalue weighted by Crippen LogP contribution is -1.96. The van der Waals surface area contributed by atoms with Crippen molar-refractivity contribution >= 4 is 27.5 Å². The largest absolute Gasteiger partial charge is 0.455 e. The van der Waals surface area contributed by atoms with Crippen LogP contribution in [-0.4, -0.2) is 0 Å². The Labute approximate surface area is 118 Å². The van der Waals surface area contributed by atoms with E-state index in [0.717, 1.165) is 5.56 Å². The van der Waals surface area contributed by atoms with Crippen LogP contribution in [0.4, 0.5) is 4.39 Å². The number of benzene rings is 2. The first-order chi connectivity index (χ1) is 8.60. The second-order valence-corrected chi connectivity index (χ2v) is 4.91. The van der Waals surface area contributed by atoms with Crippen molar-refractivity contribution in [2.45, 2.75) is 6.54 Å². The van der Waals surface area contributed by atoms with Crippen molar-refractivity contribution in [1.29, 1.82) is 0 Å². The molecule has 0 amide bonds. The van der Waals surface area contributed by atoms with Crippen LogP contribution in [0.2, 0.25) is 5.02 Å². The normalized spacial score (nSPS) is 10.4. The maximum absolute atomic E-state index is 13.1. The van der Waals surface area contributed by atoms with Crippen LogP contribution in [-0.2, 0) is 6.54 Å². The van der Waals surface area contributed by atoms with Gasteiger partial charge < -0.3 is 10.5 Å². The molecule has 0 aromatic heterocycles. The molecule has 0 bridgehead atoms. The van der Waals surface area contributed by atoms with E-state index < -0.39 is 0 Å². The average molecular weight is 331 g/mol. The van der Waals surface area contributed by atoms with E-state index in [1.807, 2.05) is 6.07 Å². The summed E-state index contributed by atoms with van der Waals surface area (Å²) in [7, 11) is 0. The molecule has 2 aromatic carbocycles. The zero-order valence-electron chi connectivity index (χ0n) is 9.29. The van der Waals surface area contributed by atoms with Gasteiger partial charge in [0.2, 0.25) is 0 Å². The lowest BCUT2D eigenvalue weighted by atomic mass is 10.2. The summed E-state index contributed by atoms with van der Waals surface area (Å²) < 4.78 is 19.3. The van der Waals surface area contributed by atoms with Crippen molar-refractivity contribution in [3.05, 3.63) is 57.3 Å². The predicted molar refractivity (Wildman–Crippen MR) is 73.5 cm³/mol. The van der Waals surface area contributed by atoms with Gasteiger partial charge in [0.1, 0.15) is 17.3 Å². The zero-order chi connectivity index (χ0) is 13.1. The van der Waals surface area contributed by atoms with Crippen LogP contribution >= 0.6 is 27.5 Å². The lowest BCUT2D eigenvalue weighted by molar-refractivity contribution is 0.473. The van der Waals surface area contributed by atoms with E-state index >= 15 is 0 Å². The van der Waals surface area contributed by atoms with Crippen LogP contribution in [0.3, 0.4) is 0 Å². The van der Waals surface area contributed by atoms with E-state index in [0.29, 0.717) is 27.5 Å². The Morgan fingerprint density at radius 1 is 1.17 bits per heavy atom. The summed E-state index contributed by atoms with van der Waals surface area (Å²) in [5, 5.41) is 0.439. The summed E-state index contributed by atoms with van der Waals surface area (Å²) in [6.07, 6.45) is 0. The van der Waals surface area contributed by atoms with E-state index in [4.69, 9.17) is 22.1 Å². The van der Waals surface area contributed by atoms with E-state index in [-0.39, 0.29) is 5.82 Å². The van der Waals surface area contributed by atoms with Gasteiger partial charge in [-0.1, -0.05) is 17.7 Å². The minimum absolute atomic E-state index is 0.372. The molecule has 0 heterocycles. The third-order valence-electron chi connectivity index (χ3n) is 2.35. The van der Waals surface area contributed by atoms with Crippen LogP contribution in [0.25, 0.3) is 0 Å². The Bertz CT molecular complexity index is 577. The Kier molecular flexibility index (Phi) is 4.22. The third-order valence-corrected chi connectivity index (χ3v) is 3.30. The van der Waals surface area contributed by atoms with Gasteiger partial charge in [0.25, 0.3) is 0 Å². The first-order valence-corrected chi connectivity index (χ1v) is 6.38. The van der Waals surface area contributed by atoms with Gasteiger partial charge in [-0.2, -0.15) is 0 Å². The third kappa shape index (κ3) is 3.02.